The maximum absolute atomic E-state index is 11.6. The maximum atomic E-state index is 11.6. The molecule has 0 aliphatic carbocycles. The van der Waals surface area contributed by atoms with Gasteiger partial charge in [-0.3, -0.25) is 0 Å². The first kappa shape index (κ1) is 22.5. The number of benzene rings is 2. The Hall–Kier alpha value is -1.56. The fraction of sp³-hybridized carbons (Fsp3) is 0.222. The van der Waals surface area contributed by atoms with E-state index in [1.165, 1.54) is 18.2 Å². The maximum Gasteiger partial charge on any atom is 0.342 e. The van der Waals surface area contributed by atoms with E-state index in [1.54, 1.807) is 39.0 Å². The summed E-state index contributed by atoms with van der Waals surface area (Å²) in [6.07, 6.45) is 0. The van der Waals surface area contributed by atoms with Crippen LogP contribution in [0.4, 0.5) is 0 Å². The number of phenols is 2. The number of carboxylic acids is 1. The number of aromatic carboxylic acids is 1. The molecular weight excluding hydrogens is 566 g/mol. The van der Waals surface area contributed by atoms with Crippen molar-refractivity contribution in [1.29, 1.82) is 0 Å². The Bertz CT molecular complexity index is 812. The van der Waals surface area contributed by atoms with E-state index in [2.05, 4.69) is 22.6 Å². The van der Waals surface area contributed by atoms with Gasteiger partial charge in [-0.2, -0.15) is 0 Å². The van der Waals surface area contributed by atoms with Crippen molar-refractivity contribution in [1.82, 2.24) is 0 Å². The monoisotopic (exact) mass is 584 g/mol. The Kier molecular flexibility index (Phi) is 8.13. The molecule has 0 amide bonds. The van der Waals surface area contributed by atoms with Gasteiger partial charge in [0.25, 0.3) is 0 Å². The summed E-state index contributed by atoms with van der Waals surface area (Å²) in [5.74, 6) is -1.86. The minimum Gasteiger partial charge on any atom is -0.507 e. The molecule has 0 heterocycles. The zero-order valence-electron chi connectivity index (χ0n) is 14.3. The molecular formula is C18H18I2O6. The summed E-state index contributed by atoms with van der Waals surface area (Å²) in [5, 5.41) is 27.0. The first-order chi connectivity index (χ1) is 11.9. The Morgan fingerprint density at radius 1 is 0.885 bits per heavy atom. The molecule has 0 unspecified atom stereocenters. The number of hydrogen-bond donors (Lipinski definition) is 3. The highest BCUT2D eigenvalue weighted by atomic mass is 127. The lowest BCUT2D eigenvalue weighted by Crippen LogP contribution is -2.24. The average Bonchev–Trinajstić information content (AvgIpc) is 2.50. The number of phenolic OH excluding ortho intramolecular Hbond substituents is 1. The van der Waals surface area contributed by atoms with E-state index in [4.69, 9.17) is 14.9 Å². The number of aromatic hydroxyl groups is 2. The van der Waals surface area contributed by atoms with Crippen molar-refractivity contribution < 1.29 is 29.6 Å². The molecule has 3 N–H and O–H groups in total. The van der Waals surface area contributed by atoms with Crippen LogP contribution in [-0.2, 0) is 4.74 Å². The summed E-state index contributed by atoms with van der Waals surface area (Å²) >= 11 is 4.05. The Morgan fingerprint density at radius 3 is 1.69 bits per heavy atom. The summed E-state index contributed by atoms with van der Waals surface area (Å²) in [4.78, 5) is 22.1. The predicted molar refractivity (Wildman–Crippen MR) is 114 cm³/mol. The Balaban J connectivity index is 0.000000273. The van der Waals surface area contributed by atoms with Gasteiger partial charge in [-0.05, 0) is 102 Å². The Morgan fingerprint density at radius 2 is 1.31 bits per heavy atom. The molecule has 2 rings (SSSR count). The molecule has 2 aromatic rings. The van der Waals surface area contributed by atoms with Crippen LogP contribution >= 0.6 is 45.2 Å². The van der Waals surface area contributed by atoms with Crippen molar-refractivity contribution in [3.63, 3.8) is 0 Å². The van der Waals surface area contributed by atoms with Crippen LogP contribution in [0.1, 0.15) is 41.5 Å². The van der Waals surface area contributed by atoms with Crippen molar-refractivity contribution in [2.24, 2.45) is 0 Å². The van der Waals surface area contributed by atoms with Gasteiger partial charge in [0.05, 0.1) is 0 Å². The zero-order valence-corrected chi connectivity index (χ0v) is 18.6. The molecule has 0 aliphatic heterocycles. The van der Waals surface area contributed by atoms with Crippen LogP contribution in [0.25, 0.3) is 0 Å². The molecule has 0 aliphatic rings. The second kappa shape index (κ2) is 9.40. The molecule has 8 heteroatoms. The quantitative estimate of drug-likeness (QED) is 0.351. The van der Waals surface area contributed by atoms with E-state index >= 15 is 0 Å². The van der Waals surface area contributed by atoms with Crippen molar-refractivity contribution in [2.45, 2.75) is 26.4 Å². The smallest absolute Gasteiger partial charge is 0.342 e. The molecule has 26 heavy (non-hydrogen) atoms. The van der Waals surface area contributed by atoms with Gasteiger partial charge < -0.3 is 20.1 Å². The van der Waals surface area contributed by atoms with Crippen LogP contribution in [0.3, 0.4) is 0 Å². The number of carboxylic acid groups (broad SMARTS) is 1. The topological polar surface area (TPSA) is 104 Å². The van der Waals surface area contributed by atoms with E-state index in [9.17, 15) is 14.7 Å². The zero-order chi connectivity index (χ0) is 20.1. The van der Waals surface area contributed by atoms with Gasteiger partial charge in [0.1, 0.15) is 28.2 Å². The molecule has 0 aromatic heterocycles. The van der Waals surface area contributed by atoms with E-state index in [0.29, 0.717) is 0 Å². The Labute approximate surface area is 178 Å². The number of esters is 1. The highest BCUT2D eigenvalue weighted by Crippen LogP contribution is 2.22. The van der Waals surface area contributed by atoms with Crippen molar-refractivity contribution in [2.75, 3.05) is 0 Å². The number of carbonyl (C=O) groups excluding carboxylic acids is 1. The molecule has 0 radical (unpaired) electrons. The SMILES string of the molecule is CC(C)(C)OC(=O)c1cc(I)ccc1O.O=C(O)c1cc(I)ccc1O. The molecule has 0 saturated carbocycles. The number of hydrogen-bond acceptors (Lipinski definition) is 5. The van der Waals surface area contributed by atoms with Gasteiger partial charge in [-0.1, -0.05) is 0 Å². The second-order valence-electron chi connectivity index (χ2n) is 6.13. The lowest BCUT2D eigenvalue weighted by Gasteiger charge is -2.19. The largest absolute Gasteiger partial charge is 0.507 e. The van der Waals surface area contributed by atoms with E-state index in [0.717, 1.165) is 7.14 Å². The molecule has 0 bridgehead atoms. The minimum atomic E-state index is -1.11. The van der Waals surface area contributed by atoms with E-state index in [1.807, 2.05) is 22.6 Å². The van der Waals surface area contributed by atoms with Crippen LogP contribution in [0.2, 0.25) is 0 Å². The average molecular weight is 584 g/mol. The van der Waals surface area contributed by atoms with Crippen molar-refractivity contribution >= 4 is 57.1 Å². The first-order valence-corrected chi connectivity index (χ1v) is 9.50. The fourth-order valence-electron chi connectivity index (χ4n) is 1.68. The highest BCUT2D eigenvalue weighted by Gasteiger charge is 2.20. The second-order valence-corrected chi connectivity index (χ2v) is 8.62. The standard InChI is InChI=1S/C11H13IO3.C7H5IO3/c1-11(2,3)15-10(14)8-6-7(12)4-5-9(8)13;8-4-1-2-6(9)5(3-4)7(10)11/h4-6,13H,1-3H3;1-3,9H,(H,10,11). The van der Waals surface area contributed by atoms with Crippen LogP contribution in [0, 0.1) is 7.14 Å². The minimum absolute atomic E-state index is 0.0512. The lowest BCUT2D eigenvalue weighted by atomic mass is 10.1. The fourth-order valence-corrected chi connectivity index (χ4v) is 2.67. The van der Waals surface area contributed by atoms with E-state index < -0.39 is 17.5 Å². The third-order valence-electron chi connectivity index (χ3n) is 2.77. The van der Waals surface area contributed by atoms with E-state index in [-0.39, 0.29) is 22.6 Å². The number of carbonyl (C=O) groups is 2. The third-order valence-corrected chi connectivity index (χ3v) is 4.11. The normalized spacial score (nSPS) is 10.5. The summed E-state index contributed by atoms with van der Waals surface area (Å²) < 4.78 is 6.83. The first-order valence-electron chi connectivity index (χ1n) is 7.34. The molecule has 2 aromatic carbocycles. The number of rotatable bonds is 2. The van der Waals surface area contributed by atoms with Gasteiger partial charge >= 0.3 is 11.9 Å². The number of halogens is 2. The summed E-state index contributed by atoms with van der Waals surface area (Å²) in [6.45, 7) is 5.36. The van der Waals surface area contributed by atoms with Crippen LogP contribution in [-0.4, -0.2) is 32.9 Å². The molecule has 0 spiro atoms. The van der Waals surface area contributed by atoms with Gasteiger partial charge in [0, 0.05) is 7.14 Å². The predicted octanol–water partition coefficient (Wildman–Crippen LogP) is 4.65. The summed E-state index contributed by atoms with van der Waals surface area (Å²) in [5.41, 5.74) is -0.404. The van der Waals surface area contributed by atoms with Gasteiger partial charge in [-0.25, -0.2) is 9.59 Å². The van der Waals surface area contributed by atoms with Crippen LogP contribution in [0.5, 0.6) is 11.5 Å². The molecule has 0 fully saturated rings. The van der Waals surface area contributed by atoms with Crippen LogP contribution in [0.15, 0.2) is 36.4 Å². The van der Waals surface area contributed by atoms with Gasteiger partial charge in [0.15, 0.2) is 0 Å². The third kappa shape index (κ3) is 7.36. The van der Waals surface area contributed by atoms with Crippen LogP contribution < -0.4 is 0 Å². The van der Waals surface area contributed by atoms with Gasteiger partial charge in [0.2, 0.25) is 0 Å². The highest BCUT2D eigenvalue weighted by molar-refractivity contribution is 14.1. The van der Waals surface area contributed by atoms with Crippen molar-refractivity contribution in [3.05, 3.63) is 54.7 Å². The summed E-state index contributed by atoms with van der Waals surface area (Å²) in [6, 6.07) is 9.24. The lowest BCUT2D eigenvalue weighted by molar-refractivity contribution is 0.00665. The molecule has 0 saturated heterocycles. The van der Waals surface area contributed by atoms with Gasteiger partial charge in [-0.15, -0.1) is 0 Å². The summed E-state index contributed by atoms with van der Waals surface area (Å²) in [7, 11) is 0. The number of ether oxygens (including phenoxy) is 1. The van der Waals surface area contributed by atoms with Crippen molar-refractivity contribution in [3.8, 4) is 11.5 Å². The molecule has 6 nitrogen and oxygen atoms in total. The molecule has 0 atom stereocenters. The molecule has 140 valence electrons.